The lowest BCUT2D eigenvalue weighted by atomic mass is 9.87. The lowest BCUT2D eigenvalue weighted by molar-refractivity contribution is -0.142. The molecule has 5 nitrogen and oxygen atoms in total. The normalized spacial score (nSPS) is 17.0. The van der Waals surface area contributed by atoms with E-state index in [1.807, 2.05) is 31.2 Å². The number of hydrogen-bond donors (Lipinski definition) is 1. The molecule has 1 aliphatic carbocycles. The minimum Gasteiger partial charge on any atom is -0.481 e. The van der Waals surface area contributed by atoms with Crippen molar-refractivity contribution in [2.75, 3.05) is 0 Å². The van der Waals surface area contributed by atoms with E-state index in [0.29, 0.717) is 25.8 Å². The second-order valence-corrected chi connectivity index (χ2v) is 5.88. The maximum absolute atomic E-state index is 12.2. The third-order valence-corrected chi connectivity index (χ3v) is 4.16. The molecule has 0 unspecified atom stereocenters. The third kappa shape index (κ3) is 2.93. The Morgan fingerprint density at radius 2 is 2.09 bits per heavy atom. The van der Waals surface area contributed by atoms with Crippen LogP contribution in [0.4, 0.5) is 0 Å². The van der Waals surface area contributed by atoms with Gasteiger partial charge in [-0.2, -0.15) is 5.10 Å². The van der Waals surface area contributed by atoms with Crippen LogP contribution >= 0.6 is 0 Å². The van der Waals surface area contributed by atoms with Gasteiger partial charge in [-0.15, -0.1) is 0 Å². The lowest BCUT2D eigenvalue weighted by Crippen LogP contribution is -2.30. The first-order chi connectivity index (χ1) is 10.5. The molecule has 1 atom stereocenters. The Bertz CT molecular complexity index is 762. The van der Waals surface area contributed by atoms with Crippen molar-refractivity contribution in [2.45, 2.75) is 32.7 Å². The van der Waals surface area contributed by atoms with E-state index in [4.69, 9.17) is 5.11 Å². The zero-order valence-corrected chi connectivity index (χ0v) is 12.5. The van der Waals surface area contributed by atoms with Gasteiger partial charge in [-0.3, -0.25) is 9.59 Å². The molecule has 0 saturated heterocycles. The van der Waals surface area contributed by atoms with Crippen LogP contribution in [0.3, 0.4) is 0 Å². The highest BCUT2D eigenvalue weighted by molar-refractivity contribution is 5.70. The maximum atomic E-state index is 12.2. The van der Waals surface area contributed by atoms with Crippen molar-refractivity contribution in [1.82, 2.24) is 9.78 Å². The molecule has 22 heavy (non-hydrogen) atoms. The maximum Gasteiger partial charge on any atom is 0.306 e. The number of aryl methyl sites for hydroxylation is 2. The van der Waals surface area contributed by atoms with E-state index in [1.54, 1.807) is 6.07 Å². The zero-order chi connectivity index (χ0) is 15.7. The summed E-state index contributed by atoms with van der Waals surface area (Å²) >= 11 is 0. The number of aromatic nitrogens is 2. The molecule has 0 amide bonds. The number of fused-ring (bicyclic) bond motifs is 1. The first-order valence-electron chi connectivity index (χ1n) is 7.41. The highest BCUT2D eigenvalue weighted by Gasteiger charge is 2.25. The summed E-state index contributed by atoms with van der Waals surface area (Å²) in [7, 11) is 0. The van der Waals surface area contributed by atoms with Crippen LogP contribution in [0.2, 0.25) is 0 Å². The number of rotatable bonds is 3. The fourth-order valence-electron chi connectivity index (χ4n) is 2.82. The predicted molar refractivity (Wildman–Crippen MR) is 81.9 cm³/mol. The molecule has 0 bridgehead atoms. The van der Waals surface area contributed by atoms with Crippen LogP contribution in [0, 0.1) is 12.8 Å². The van der Waals surface area contributed by atoms with Gasteiger partial charge in [0, 0.05) is 6.07 Å². The Balaban J connectivity index is 1.87. The van der Waals surface area contributed by atoms with E-state index in [9.17, 15) is 9.59 Å². The summed E-state index contributed by atoms with van der Waals surface area (Å²) in [6.45, 7) is 2.46. The summed E-state index contributed by atoms with van der Waals surface area (Å²) < 4.78 is 1.46. The van der Waals surface area contributed by atoms with Crippen molar-refractivity contribution >= 4 is 5.97 Å². The molecule has 2 aromatic rings. The van der Waals surface area contributed by atoms with E-state index in [-0.39, 0.29) is 5.56 Å². The largest absolute Gasteiger partial charge is 0.481 e. The Morgan fingerprint density at radius 1 is 1.36 bits per heavy atom. The summed E-state index contributed by atoms with van der Waals surface area (Å²) in [5.41, 5.74) is 3.66. The number of carboxylic acid groups (broad SMARTS) is 1. The van der Waals surface area contributed by atoms with Gasteiger partial charge in [0.15, 0.2) is 0 Å². The van der Waals surface area contributed by atoms with Crippen molar-refractivity contribution in [3.63, 3.8) is 0 Å². The van der Waals surface area contributed by atoms with Gasteiger partial charge in [0.05, 0.1) is 18.2 Å². The first kappa shape index (κ1) is 14.5. The second-order valence-electron chi connectivity index (χ2n) is 5.88. The van der Waals surface area contributed by atoms with E-state index in [1.165, 1.54) is 10.2 Å². The van der Waals surface area contributed by atoms with E-state index >= 15 is 0 Å². The standard InChI is InChI=1S/C17H18N2O3/c1-11-2-4-12(5-3-11)10-19-16(20)9-14-8-13(17(21)22)6-7-15(14)18-19/h2-5,9,13H,6-8,10H2,1H3,(H,21,22)/t13-/m0/s1. The molecule has 114 valence electrons. The minimum absolute atomic E-state index is 0.176. The highest BCUT2D eigenvalue weighted by Crippen LogP contribution is 2.23. The monoisotopic (exact) mass is 298 g/mol. The van der Waals surface area contributed by atoms with Crippen molar-refractivity contribution in [3.8, 4) is 0 Å². The van der Waals surface area contributed by atoms with Crippen LogP contribution in [-0.2, 0) is 24.2 Å². The lowest BCUT2D eigenvalue weighted by Gasteiger charge is -2.21. The van der Waals surface area contributed by atoms with E-state index in [0.717, 1.165) is 16.8 Å². The minimum atomic E-state index is -0.797. The van der Waals surface area contributed by atoms with Gasteiger partial charge in [0.1, 0.15) is 0 Å². The molecule has 0 aliphatic heterocycles. The number of nitrogens with zero attached hydrogens (tertiary/aromatic N) is 2. The molecule has 1 aliphatic rings. The molecule has 0 spiro atoms. The van der Waals surface area contributed by atoms with Crippen molar-refractivity contribution in [1.29, 1.82) is 0 Å². The van der Waals surface area contributed by atoms with Crippen LogP contribution in [0.1, 0.15) is 28.8 Å². The van der Waals surface area contributed by atoms with Gasteiger partial charge in [0.25, 0.3) is 5.56 Å². The number of aliphatic carboxylic acids is 1. The summed E-state index contributed by atoms with van der Waals surface area (Å²) in [4.78, 5) is 23.3. The Morgan fingerprint density at radius 3 is 2.77 bits per heavy atom. The second kappa shape index (κ2) is 5.75. The van der Waals surface area contributed by atoms with Gasteiger partial charge in [-0.05, 0) is 37.3 Å². The summed E-state index contributed by atoms with van der Waals surface area (Å²) in [5, 5.41) is 13.5. The Hall–Kier alpha value is -2.43. The SMILES string of the molecule is Cc1ccc(Cn2nc3c(cc2=O)C[C@@H](C(=O)O)CC3)cc1. The highest BCUT2D eigenvalue weighted by atomic mass is 16.4. The predicted octanol–water partition coefficient (Wildman–Crippen LogP) is 1.79. The fraction of sp³-hybridized carbons (Fsp3) is 0.353. The van der Waals surface area contributed by atoms with Crippen LogP contribution in [0.15, 0.2) is 35.1 Å². The Labute approximate surface area is 128 Å². The molecular weight excluding hydrogens is 280 g/mol. The third-order valence-electron chi connectivity index (χ3n) is 4.16. The Kier molecular flexibility index (Phi) is 3.79. The van der Waals surface area contributed by atoms with Crippen LogP contribution in [-0.4, -0.2) is 20.9 Å². The zero-order valence-electron chi connectivity index (χ0n) is 12.5. The van der Waals surface area contributed by atoms with Crippen LogP contribution < -0.4 is 5.56 Å². The topological polar surface area (TPSA) is 72.2 Å². The number of benzene rings is 1. The molecule has 1 aromatic heterocycles. The first-order valence-corrected chi connectivity index (χ1v) is 7.41. The van der Waals surface area contributed by atoms with Crippen molar-refractivity contribution in [2.24, 2.45) is 5.92 Å². The number of carbonyl (C=O) groups is 1. The van der Waals surface area contributed by atoms with Gasteiger partial charge in [-0.25, -0.2) is 4.68 Å². The molecule has 5 heteroatoms. The summed E-state index contributed by atoms with van der Waals surface area (Å²) in [6, 6.07) is 9.55. The quantitative estimate of drug-likeness (QED) is 0.937. The van der Waals surface area contributed by atoms with Crippen LogP contribution in [0.25, 0.3) is 0 Å². The van der Waals surface area contributed by atoms with Gasteiger partial charge < -0.3 is 5.11 Å². The molecule has 0 fully saturated rings. The number of hydrogen-bond acceptors (Lipinski definition) is 3. The van der Waals surface area contributed by atoms with Crippen molar-refractivity contribution in [3.05, 3.63) is 63.1 Å². The van der Waals surface area contributed by atoms with E-state index < -0.39 is 11.9 Å². The van der Waals surface area contributed by atoms with Crippen molar-refractivity contribution < 1.29 is 9.90 Å². The molecule has 0 saturated carbocycles. The average molecular weight is 298 g/mol. The molecule has 1 heterocycles. The van der Waals surface area contributed by atoms with Gasteiger partial charge in [0.2, 0.25) is 0 Å². The average Bonchev–Trinajstić information content (AvgIpc) is 2.49. The summed E-state index contributed by atoms with van der Waals surface area (Å²) in [6.07, 6.45) is 1.59. The molecule has 1 N–H and O–H groups in total. The molecular formula is C17H18N2O3. The van der Waals surface area contributed by atoms with E-state index in [2.05, 4.69) is 5.10 Å². The van der Waals surface area contributed by atoms with Crippen LogP contribution in [0.5, 0.6) is 0 Å². The van der Waals surface area contributed by atoms with Gasteiger partial charge in [-0.1, -0.05) is 29.8 Å². The fourth-order valence-corrected chi connectivity index (χ4v) is 2.82. The number of carboxylic acids is 1. The smallest absolute Gasteiger partial charge is 0.306 e. The molecule has 0 radical (unpaired) electrons. The molecule has 1 aromatic carbocycles. The summed E-state index contributed by atoms with van der Waals surface area (Å²) in [5.74, 6) is -1.20. The molecule has 3 rings (SSSR count). The van der Waals surface area contributed by atoms with Gasteiger partial charge >= 0.3 is 5.97 Å².